The summed E-state index contributed by atoms with van der Waals surface area (Å²) < 4.78 is 37.0. The summed E-state index contributed by atoms with van der Waals surface area (Å²) in [6.07, 6.45) is -4.06. The van der Waals surface area contributed by atoms with Crippen molar-refractivity contribution in [1.29, 1.82) is 0 Å². The number of hydrogen-bond donors (Lipinski definition) is 1. The molecule has 0 heterocycles. The van der Waals surface area contributed by atoms with Gasteiger partial charge in [-0.25, -0.2) is 0 Å². The van der Waals surface area contributed by atoms with Crippen LogP contribution in [0.15, 0.2) is 30.8 Å². The second-order valence-corrected chi connectivity index (χ2v) is 3.16. The molecule has 0 aliphatic rings. The number of hydrogen-bond acceptors (Lipinski definition) is 1. The number of alkyl halides is 3. The Kier molecular flexibility index (Phi) is 3.52. The summed E-state index contributed by atoms with van der Waals surface area (Å²) in [5, 5.41) is 8.64. The molecular formula is C11H11F3O. The maximum Gasteiger partial charge on any atom is 0.416 e. The van der Waals surface area contributed by atoms with Crippen molar-refractivity contribution in [1.82, 2.24) is 0 Å². The third-order valence-electron chi connectivity index (χ3n) is 2.01. The topological polar surface area (TPSA) is 20.2 Å². The molecule has 0 spiro atoms. The lowest BCUT2D eigenvalue weighted by Crippen LogP contribution is -2.05. The van der Waals surface area contributed by atoms with Crippen LogP contribution in [0.3, 0.4) is 0 Å². The second kappa shape index (κ2) is 4.49. The highest BCUT2D eigenvalue weighted by atomic mass is 19.4. The van der Waals surface area contributed by atoms with Crippen LogP contribution in [0.2, 0.25) is 0 Å². The molecule has 0 aliphatic carbocycles. The summed E-state index contributed by atoms with van der Waals surface area (Å²) >= 11 is 0. The van der Waals surface area contributed by atoms with Gasteiger partial charge in [-0.2, -0.15) is 13.2 Å². The number of benzene rings is 1. The van der Waals surface area contributed by atoms with Crippen LogP contribution >= 0.6 is 0 Å². The first-order chi connectivity index (χ1) is 6.95. The molecule has 82 valence electrons. The molecule has 0 radical (unpaired) electrons. The molecule has 1 aromatic carbocycles. The summed E-state index contributed by atoms with van der Waals surface area (Å²) in [7, 11) is 0. The molecule has 4 heteroatoms. The largest absolute Gasteiger partial charge is 0.416 e. The van der Waals surface area contributed by atoms with Crippen LogP contribution in [0.4, 0.5) is 13.2 Å². The fraction of sp³-hybridized carbons (Fsp3) is 0.273. The summed E-state index contributed by atoms with van der Waals surface area (Å²) in [4.78, 5) is 0. The van der Waals surface area contributed by atoms with Crippen LogP contribution in [-0.4, -0.2) is 11.7 Å². The van der Waals surface area contributed by atoms with Gasteiger partial charge in [0.1, 0.15) is 0 Å². The van der Waals surface area contributed by atoms with Crippen LogP contribution in [0.1, 0.15) is 17.5 Å². The van der Waals surface area contributed by atoms with Crippen LogP contribution in [-0.2, 0) is 6.18 Å². The van der Waals surface area contributed by atoms with E-state index in [0.29, 0.717) is 11.1 Å². The summed E-state index contributed by atoms with van der Waals surface area (Å²) in [5.41, 5.74) is 0.224. The molecule has 1 aromatic rings. The molecule has 15 heavy (non-hydrogen) atoms. The first-order valence-electron chi connectivity index (χ1n) is 4.41. The van der Waals surface area contributed by atoms with E-state index in [1.54, 1.807) is 6.07 Å². The normalized spacial score (nSPS) is 11.5. The number of aliphatic hydroxyl groups is 1. The third-order valence-corrected chi connectivity index (χ3v) is 2.01. The molecule has 0 fully saturated rings. The van der Waals surface area contributed by atoms with Crippen molar-refractivity contribution >= 4 is 5.57 Å². The van der Waals surface area contributed by atoms with Gasteiger partial charge in [-0.1, -0.05) is 18.7 Å². The first kappa shape index (κ1) is 11.8. The van der Waals surface area contributed by atoms with Gasteiger partial charge < -0.3 is 5.11 Å². The van der Waals surface area contributed by atoms with Crippen LogP contribution in [0, 0.1) is 0 Å². The average molecular weight is 216 g/mol. The highest BCUT2D eigenvalue weighted by Gasteiger charge is 2.30. The zero-order chi connectivity index (χ0) is 11.5. The Morgan fingerprint density at radius 2 is 2.00 bits per heavy atom. The van der Waals surface area contributed by atoms with Crippen molar-refractivity contribution < 1.29 is 18.3 Å². The van der Waals surface area contributed by atoms with E-state index in [-0.39, 0.29) is 13.0 Å². The van der Waals surface area contributed by atoms with Crippen molar-refractivity contribution in [2.24, 2.45) is 0 Å². The Bertz CT molecular complexity index is 355. The SMILES string of the molecule is C=C(CCO)c1cccc(C(F)(F)F)c1. The quantitative estimate of drug-likeness (QED) is 0.823. The van der Waals surface area contributed by atoms with E-state index in [2.05, 4.69) is 6.58 Å². The molecule has 0 bridgehead atoms. The van der Waals surface area contributed by atoms with E-state index >= 15 is 0 Å². The molecule has 0 saturated carbocycles. The smallest absolute Gasteiger partial charge is 0.396 e. The zero-order valence-electron chi connectivity index (χ0n) is 8.01. The van der Waals surface area contributed by atoms with Crippen molar-refractivity contribution in [3.8, 4) is 0 Å². The number of aliphatic hydroxyl groups excluding tert-OH is 1. The van der Waals surface area contributed by atoms with Crippen LogP contribution in [0.5, 0.6) is 0 Å². The monoisotopic (exact) mass is 216 g/mol. The third kappa shape index (κ3) is 3.09. The molecule has 0 atom stereocenters. The Morgan fingerprint density at radius 1 is 1.33 bits per heavy atom. The average Bonchev–Trinajstić information content (AvgIpc) is 2.17. The van der Waals surface area contributed by atoms with Gasteiger partial charge >= 0.3 is 6.18 Å². The van der Waals surface area contributed by atoms with Crippen molar-refractivity contribution in [3.63, 3.8) is 0 Å². The molecule has 0 aromatic heterocycles. The fourth-order valence-corrected chi connectivity index (χ4v) is 1.19. The zero-order valence-corrected chi connectivity index (χ0v) is 8.01. The maximum absolute atomic E-state index is 12.3. The lowest BCUT2D eigenvalue weighted by molar-refractivity contribution is -0.137. The van der Waals surface area contributed by atoms with Gasteiger partial charge in [-0.3, -0.25) is 0 Å². The second-order valence-electron chi connectivity index (χ2n) is 3.16. The number of halogens is 3. The predicted octanol–water partition coefficient (Wildman–Crippen LogP) is 3.10. The summed E-state index contributed by atoms with van der Waals surface area (Å²) in [6, 6.07) is 4.93. The highest BCUT2D eigenvalue weighted by molar-refractivity contribution is 5.64. The van der Waals surface area contributed by atoms with Crippen molar-refractivity contribution in [2.75, 3.05) is 6.61 Å². The summed E-state index contributed by atoms with van der Waals surface area (Å²) in [5.74, 6) is 0. The minimum atomic E-state index is -4.34. The Balaban J connectivity index is 2.98. The minimum Gasteiger partial charge on any atom is -0.396 e. The summed E-state index contributed by atoms with van der Waals surface area (Å²) in [6.45, 7) is 3.49. The van der Waals surface area contributed by atoms with E-state index < -0.39 is 11.7 Å². The van der Waals surface area contributed by atoms with E-state index in [4.69, 9.17) is 5.11 Å². The van der Waals surface area contributed by atoms with E-state index in [1.807, 2.05) is 0 Å². The van der Waals surface area contributed by atoms with Gasteiger partial charge in [0.15, 0.2) is 0 Å². The van der Waals surface area contributed by atoms with Gasteiger partial charge in [-0.05, 0) is 29.7 Å². The molecule has 0 aliphatic heterocycles. The van der Waals surface area contributed by atoms with Gasteiger partial charge in [0, 0.05) is 6.61 Å². The van der Waals surface area contributed by atoms with Gasteiger partial charge in [-0.15, -0.1) is 0 Å². The van der Waals surface area contributed by atoms with E-state index in [1.165, 1.54) is 6.07 Å². The van der Waals surface area contributed by atoms with Crippen LogP contribution < -0.4 is 0 Å². The standard InChI is InChI=1S/C11H11F3O/c1-8(5-6-15)9-3-2-4-10(7-9)11(12,13)14/h2-4,7,15H,1,5-6H2. The lowest BCUT2D eigenvalue weighted by atomic mass is 10.0. The minimum absolute atomic E-state index is 0.116. The molecule has 1 rings (SSSR count). The van der Waals surface area contributed by atoms with Crippen molar-refractivity contribution in [3.05, 3.63) is 42.0 Å². The Hall–Kier alpha value is -1.29. The molecular weight excluding hydrogens is 205 g/mol. The Morgan fingerprint density at radius 3 is 2.53 bits per heavy atom. The lowest BCUT2D eigenvalue weighted by Gasteiger charge is -2.09. The van der Waals surface area contributed by atoms with E-state index in [9.17, 15) is 13.2 Å². The number of rotatable bonds is 3. The molecule has 0 saturated heterocycles. The Labute approximate surface area is 85.9 Å². The molecule has 1 nitrogen and oxygen atoms in total. The fourth-order valence-electron chi connectivity index (χ4n) is 1.19. The van der Waals surface area contributed by atoms with Crippen LogP contribution in [0.25, 0.3) is 5.57 Å². The predicted molar refractivity (Wildman–Crippen MR) is 52.2 cm³/mol. The van der Waals surface area contributed by atoms with E-state index in [0.717, 1.165) is 12.1 Å². The van der Waals surface area contributed by atoms with Crippen molar-refractivity contribution in [2.45, 2.75) is 12.6 Å². The van der Waals surface area contributed by atoms with Gasteiger partial charge in [0.05, 0.1) is 5.56 Å². The first-order valence-corrected chi connectivity index (χ1v) is 4.41. The molecule has 0 unspecified atom stereocenters. The van der Waals surface area contributed by atoms with Gasteiger partial charge in [0.25, 0.3) is 0 Å². The molecule has 0 amide bonds. The molecule has 1 N–H and O–H groups in total. The highest BCUT2D eigenvalue weighted by Crippen LogP contribution is 2.31. The van der Waals surface area contributed by atoms with Gasteiger partial charge in [0.2, 0.25) is 0 Å². The maximum atomic E-state index is 12.3.